The van der Waals surface area contributed by atoms with E-state index in [1.54, 1.807) is 29.7 Å². The molecule has 44 heavy (non-hydrogen) atoms. The number of nitrogens with zero attached hydrogens (tertiary/aromatic N) is 4. The number of carbonyl (C=O) groups is 2. The van der Waals surface area contributed by atoms with Gasteiger partial charge < -0.3 is 29.4 Å². The lowest BCUT2D eigenvalue weighted by molar-refractivity contribution is -0.0750. The van der Waals surface area contributed by atoms with Crippen LogP contribution in [0.2, 0.25) is 5.02 Å². The molecule has 2 aliphatic heterocycles. The van der Waals surface area contributed by atoms with Gasteiger partial charge in [-0.15, -0.1) is 0 Å². The molecule has 4 heterocycles. The van der Waals surface area contributed by atoms with Gasteiger partial charge in [0.1, 0.15) is 12.7 Å². The van der Waals surface area contributed by atoms with Crippen molar-refractivity contribution in [2.75, 3.05) is 18.5 Å². The number of benzene rings is 2. The number of nitrogens with one attached hydrogen (secondary N) is 2. The molecule has 0 saturated carbocycles. The van der Waals surface area contributed by atoms with E-state index >= 15 is 0 Å². The molecule has 2 aromatic heterocycles. The molecule has 2 aliphatic rings. The van der Waals surface area contributed by atoms with Crippen molar-refractivity contribution in [3.8, 4) is 0 Å². The number of hydrogen-bond acceptors (Lipinski definition) is 9. The van der Waals surface area contributed by atoms with E-state index < -0.39 is 30.5 Å². The van der Waals surface area contributed by atoms with E-state index in [-0.39, 0.29) is 35.5 Å². The SMILES string of the molecule is CCNC(=O)Nc1ncnc2c1ncn2C1=C2OC(C=Cc3ccccc3)O[C@@H]2[C@H](COCc2c(Cl)cccc2C(=O)O)O1. The molecule has 2 amide bonds. The van der Waals surface area contributed by atoms with Crippen LogP contribution in [0.5, 0.6) is 0 Å². The van der Waals surface area contributed by atoms with Crippen molar-refractivity contribution in [3.05, 3.63) is 94.7 Å². The van der Waals surface area contributed by atoms with Crippen molar-refractivity contribution in [1.29, 1.82) is 0 Å². The van der Waals surface area contributed by atoms with Crippen molar-refractivity contribution in [2.45, 2.75) is 32.0 Å². The minimum atomic E-state index is -1.11. The van der Waals surface area contributed by atoms with Crippen LogP contribution in [0.3, 0.4) is 0 Å². The zero-order valence-corrected chi connectivity index (χ0v) is 24.1. The zero-order chi connectivity index (χ0) is 30.6. The van der Waals surface area contributed by atoms with E-state index in [1.165, 1.54) is 18.7 Å². The molecule has 6 rings (SSSR count). The number of carbonyl (C=O) groups excluding carboxylic acids is 1. The molecule has 0 radical (unpaired) electrons. The maximum absolute atomic E-state index is 12.1. The van der Waals surface area contributed by atoms with Crippen LogP contribution in [0.4, 0.5) is 10.6 Å². The third-order valence-electron chi connectivity index (χ3n) is 6.84. The second-order valence-corrected chi connectivity index (χ2v) is 10.1. The zero-order valence-electron chi connectivity index (χ0n) is 23.3. The third kappa shape index (κ3) is 5.93. The molecule has 3 atom stereocenters. The van der Waals surface area contributed by atoms with Crippen LogP contribution in [-0.2, 0) is 25.6 Å². The molecule has 2 aromatic carbocycles. The number of ether oxygens (including phenoxy) is 4. The summed E-state index contributed by atoms with van der Waals surface area (Å²) in [6.07, 6.45) is 4.43. The van der Waals surface area contributed by atoms with Gasteiger partial charge in [0.05, 0.1) is 18.8 Å². The molecular weight excluding hydrogens is 592 g/mol. The highest BCUT2D eigenvalue weighted by Crippen LogP contribution is 2.40. The first-order valence-electron chi connectivity index (χ1n) is 13.7. The number of carboxylic acids is 1. The number of amides is 2. The molecule has 13 nitrogen and oxygen atoms in total. The summed E-state index contributed by atoms with van der Waals surface area (Å²) in [7, 11) is 0. The van der Waals surface area contributed by atoms with Crippen molar-refractivity contribution >= 4 is 52.5 Å². The van der Waals surface area contributed by atoms with E-state index in [9.17, 15) is 14.7 Å². The lowest BCUT2D eigenvalue weighted by Crippen LogP contribution is -2.30. The predicted molar refractivity (Wildman–Crippen MR) is 159 cm³/mol. The van der Waals surface area contributed by atoms with Crippen LogP contribution in [0.1, 0.15) is 28.4 Å². The normalized spacial score (nSPS) is 19.2. The summed E-state index contributed by atoms with van der Waals surface area (Å²) in [5, 5.41) is 15.2. The maximum atomic E-state index is 12.1. The number of fused-ring (bicyclic) bond motifs is 2. The summed E-state index contributed by atoms with van der Waals surface area (Å²) in [6, 6.07) is 13.9. The number of aromatic carboxylic acids is 1. The molecule has 4 aromatic rings. The first-order valence-corrected chi connectivity index (χ1v) is 14.1. The Hall–Kier alpha value is -4.98. The van der Waals surface area contributed by atoms with Gasteiger partial charge in [-0.3, -0.25) is 5.32 Å². The van der Waals surface area contributed by atoms with Gasteiger partial charge in [0, 0.05) is 17.1 Å². The van der Waals surface area contributed by atoms with Gasteiger partial charge in [-0.2, -0.15) is 0 Å². The predicted octanol–water partition coefficient (Wildman–Crippen LogP) is 4.52. The van der Waals surface area contributed by atoms with Crippen molar-refractivity contribution in [2.24, 2.45) is 0 Å². The lowest BCUT2D eigenvalue weighted by atomic mass is 10.1. The van der Waals surface area contributed by atoms with E-state index in [2.05, 4.69) is 25.6 Å². The molecule has 0 bridgehead atoms. The lowest BCUT2D eigenvalue weighted by Gasteiger charge is -2.19. The number of carboxylic acid groups (broad SMARTS) is 1. The van der Waals surface area contributed by atoms with Crippen molar-refractivity contribution in [3.63, 3.8) is 0 Å². The average Bonchev–Trinajstić information content (AvgIpc) is 3.72. The minimum Gasteiger partial charge on any atom is -0.478 e. The second kappa shape index (κ2) is 12.7. The number of hydrogen-bond donors (Lipinski definition) is 3. The number of rotatable bonds is 10. The van der Waals surface area contributed by atoms with E-state index in [1.807, 2.05) is 36.4 Å². The van der Waals surface area contributed by atoms with Crippen LogP contribution in [-0.4, -0.2) is 68.3 Å². The van der Waals surface area contributed by atoms with Gasteiger partial charge in [0.2, 0.25) is 12.2 Å². The Morgan fingerprint density at radius 3 is 2.75 bits per heavy atom. The van der Waals surface area contributed by atoms with Crippen LogP contribution >= 0.6 is 11.6 Å². The molecule has 226 valence electrons. The maximum Gasteiger partial charge on any atom is 0.336 e. The Morgan fingerprint density at radius 2 is 1.95 bits per heavy atom. The van der Waals surface area contributed by atoms with Gasteiger partial charge in [-0.25, -0.2) is 29.1 Å². The topological polar surface area (TPSA) is 159 Å². The fourth-order valence-corrected chi connectivity index (χ4v) is 5.05. The molecule has 0 spiro atoms. The van der Waals surface area contributed by atoms with Gasteiger partial charge in [-0.1, -0.05) is 54.1 Å². The highest BCUT2D eigenvalue weighted by molar-refractivity contribution is 6.31. The second-order valence-electron chi connectivity index (χ2n) is 9.72. The molecular formula is C30H27ClN6O7. The number of anilines is 1. The Kier molecular flexibility index (Phi) is 8.41. The Bertz CT molecular complexity index is 1760. The molecule has 1 saturated heterocycles. The highest BCUT2D eigenvalue weighted by Gasteiger charge is 2.47. The molecule has 0 aliphatic carbocycles. The largest absolute Gasteiger partial charge is 0.478 e. The summed E-state index contributed by atoms with van der Waals surface area (Å²) in [4.78, 5) is 36.8. The summed E-state index contributed by atoms with van der Waals surface area (Å²) >= 11 is 6.28. The van der Waals surface area contributed by atoms with E-state index in [0.29, 0.717) is 29.0 Å². The van der Waals surface area contributed by atoms with Gasteiger partial charge in [0.25, 0.3) is 0 Å². The van der Waals surface area contributed by atoms with Crippen LogP contribution in [0, 0.1) is 0 Å². The third-order valence-corrected chi connectivity index (χ3v) is 7.19. The van der Waals surface area contributed by atoms with Crippen molar-refractivity contribution < 1.29 is 33.6 Å². The van der Waals surface area contributed by atoms with E-state index in [0.717, 1.165) is 5.56 Å². The highest BCUT2D eigenvalue weighted by atomic mass is 35.5. The quantitative estimate of drug-likeness (QED) is 0.231. The van der Waals surface area contributed by atoms with Crippen LogP contribution < -0.4 is 10.6 Å². The first-order chi connectivity index (χ1) is 21.4. The number of imidazole rings is 1. The minimum absolute atomic E-state index is 0.0199. The molecule has 1 fully saturated rings. The fraction of sp³-hybridized carbons (Fsp3) is 0.233. The standard InChI is InChI=1S/C30H27ClN6O7/c1-2-32-30(40)36-26-23-27(34-15-33-26)37(16-35-23)28-25-24(43-22(44-25)12-11-17-7-4-3-5-8-17)21(42-28)14-41-13-19-18(29(38)39)9-6-10-20(19)31/h3-12,15-16,21-22,24H,2,13-14H2,1H3,(H,38,39)(H2,32,33,34,36,40)/t21-,22?,24+/m0/s1. The number of aromatic nitrogens is 4. The van der Waals surface area contributed by atoms with Gasteiger partial charge in [-0.05, 0) is 30.7 Å². The number of urea groups is 1. The monoisotopic (exact) mass is 618 g/mol. The molecule has 3 N–H and O–H groups in total. The first kappa shape index (κ1) is 29.1. The fourth-order valence-electron chi connectivity index (χ4n) is 4.82. The summed E-state index contributed by atoms with van der Waals surface area (Å²) in [5.41, 5.74) is 2.08. The van der Waals surface area contributed by atoms with Gasteiger partial charge in [0.15, 0.2) is 34.9 Å². The Balaban J connectivity index is 1.27. The summed E-state index contributed by atoms with van der Waals surface area (Å²) in [6.45, 7) is 2.20. The molecule has 1 unspecified atom stereocenters. The number of halogens is 1. The van der Waals surface area contributed by atoms with Crippen LogP contribution in [0.25, 0.3) is 23.1 Å². The van der Waals surface area contributed by atoms with E-state index in [4.69, 9.17) is 30.5 Å². The average molecular weight is 619 g/mol. The summed E-state index contributed by atoms with van der Waals surface area (Å²) < 4.78 is 26.2. The smallest absolute Gasteiger partial charge is 0.336 e. The summed E-state index contributed by atoms with van der Waals surface area (Å²) in [5.74, 6) is -0.194. The van der Waals surface area contributed by atoms with Gasteiger partial charge >= 0.3 is 12.0 Å². The van der Waals surface area contributed by atoms with Crippen molar-refractivity contribution in [1.82, 2.24) is 24.8 Å². The van der Waals surface area contributed by atoms with Crippen LogP contribution in [0.15, 0.2) is 73.0 Å². The molecule has 14 heteroatoms. The Morgan fingerprint density at radius 1 is 1.11 bits per heavy atom. The Labute approximate surface area is 256 Å².